The van der Waals surface area contributed by atoms with Gasteiger partial charge in [-0.3, -0.25) is 9.59 Å². The Bertz CT molecular complexity index is 658. The zero-order valence-electron chi connectivity index (χ0n) is 14.9. The van der Waals surface area contributed by atoms with Crippen LogP contribution in [0.2, 0.25) is 0 Å². The Labute approximate surface area is 144 Å². The summed E-state index contributed by atoms with van der Waals surface area (Å²) in [6, 6.07) is 0. The van der Waals surface area contributed by atoms with Crippen molar-refractivity contribution in [3.8, 4) is 0 Å². The first-order valence-electron chi connectivity index (χ1n) is 9.43. The Kier molecular flexibility index (Phi) is 3.48. The van der Waals surface area contributed by atoms with E-state index in [-0.39, 0.29) is 22.5 Å². The summed E-state index contributed by atoms with van der Waals surface area (Å²) in [6.45, 7) is 6.19. The first kappa shape index (κ1) is 16.3. The molecule has 130 valence electrons. The van der Waals surface area contributed by atoms with Gasteiger partial charge in [0.25, 0.3) is 0 Å². The molecule has 0 bridgehead atoms. The van der Waals surface area contributed by atoms with Gasteiger partial charge in [-0.15, -0.1) is 0 Å². The molecule has 0 aromatic rings. The van der Waals surface area contributed by atoms with Gasteiger partial charge in [-0.2, -0.15) is 0 Å². The smallest absolute Gasteiger partial charge is 0.156 e. The van der Waals surface area contributed by atoms with Crippen LogP contribution in [0, 0.1) is 34.5 Å². The molecule has 0 radical (unpaired) electrons. The zero-order valence-corrected chi connectivity index (χ0v) is 14.9. The van der Waals surface area contributed by atoms with Crippen LogP contribution in [0.1, 0.15) is 52.9 Å². The van der Waals surface area contributed by atoms with Crippen molar-refractivity contribution < 1.29 is 14.7 Å². The highest BCUT2D eigenvalue weighted by atomic mass is 16.3. The predicted molar refractivity (Wildman–Crippen MR) is 92.2 cm³/mol. The second kappa shape index (κ2) is 5.14. The van der Waals surface area contributed by atoms with E-state index in [2.05, 4.69) is 26.0 Å². The summed E-state index contributed by atoms with van der Waals surface area (Å²) in [7, 11) is 0. The second-order valence-corrected chi connectivity index (χ2v) is 8.97. The molecule has 0 spiro atoms. The normalized spacial score (nSPS) is 48.4. The largest absolute Gasteiger partial charge is 0.393 e. The van der Waals surface area contributed by atoms with Gasteiger partial charge in [-0.1, -0.05) is 26.0 Å². The van der Waals surface area contributed by atoms with Crippen LogP contribution in [-0.2, 0) is 9.59 Å². The number of allylic oxidation sites excluding steroid dienone is 4. The van der Waals surface area contributed by atoms with Crippen molar-refractivity contribution in [3.63, 3.8) is 0 Å². The minimum atomic E-state index is -0.425. The molecule has 4 aliphatic carbocycles. The van der Waals surface area contributed by atoms with Crippen molar-refractivity contribution in [1.29, 1.82) is 0 Å². The van der Waals surface area contributed by atoms with E-state index >= 15 is 0 Å². The SMILES string of the molecule is C[C@@H](O)[C@H]1CC[C@H]2[C@@H]3C=CC4=CC(=O)CC[C@]4(C)[C@H]3CC(=O)[C@]12C. The van der Waals surface area contributed by atoms with Crippen LogP contribution >= 0.6 is 0 Å². The average Bonchev–Trinajstić information content (AvgIpc) is 2.88. The number of ketones is 2. The lowest BCUT2D eigenvalue weighted by Gasteiger charge is -2.55. The van der Waals surface area contributed by atoms with Crippen molar-refractivity contribution in [3.05, 3.63) is 23.8 Å². The number of hydrogen-bond acceptors (Lipinski definition) is 3. The Morgan fingerprint density at radius 3 is 2.67 bits per heavy atom. The Hall–Kier alpha value is -1.22. The van der Waals surface area contributed by atoms with E-state index in [0.29, 0.717) is 36.4 Å². The molecule has 0 heterocycles. The van der Waals surface area contributed by atoms with E-state index < -0.39 is 6.10 Å². The summed E-state index contributed by atoms with van der Waals surface area (Å²) in [5, 5.41) is 10.2. The van der Waals surface area contributed by atoms with E-state index in [0.717, 1.165) is 24.8 Å². The van der Waals surface area contributed by atoms with Crippen LogP contribution in [0.15, 0.2) is 23.8 Å². The molecule has 3 nitrogen and oxygen atoms in total. The van der Waals surface area contributed by atoms with Gasteiger partial charge in [0.05, 0.1) is 6.10 Å². The highest BCUT2D eigenvalue weighted by molar-refractivity contribution is 5.92. The predicted octanol–water partition coefficient (Wildman–Crippen LogP) is 3.47. The van der Waals surface area contributed by atoms with E-state index in [1.807, 2.05) is 13.0 Å². The van der Waals surface area contributed by atoms with Gasteiger partial charge >= 0.3 is 0 Å². The minimum Gasteiger partial charge on any atom is -0.393 e. The second-order valence-electron chi connectivity index (χ2n) is 8.97. The number of hydrogen-bond donors (Lipinski definition) is 1. The van der Waals surface area contributed by atoms with Crippen LogP contribution < -0.4 is 0 Å². The molecule has 0 aliphatic heterocycles. The highest BCUT2D eigenvalue weighted by Gasteiger charge is 2.62. The summed E-state index contributed by atoms with van der Waals surface area (Å²) >= 11 is 0. The van der Waals surface area contributed by atoms with Crippen LogP contribution in [0.25, 0.3) is 0 Å². The molecule has 0 aromatic heterocycles. The lowest BCUT2D eigenvalue weighted by molar-refractivity contribution is -0.146. The number of rotatable bonds is 1. The number of aliphatic hydroxyl groups is 1. The highest BCUT2D eigenvalue weighted by Crippen LogP contribution is 2.64. The van der Waals surface area contributed by atoms with Crippen LogP contribution in [0.3, 0.4) is 0 Å². The van der Waals surface area contributed by atoms with Crippen molar-refractivity contribution in [1.82, 2.24) is 0 Å². The maximum Gasteiger partial charge on any atom is 0.156 e. The molecule has 0 amide bonds. The maximum atomic E-state index is 13.2. The summed E-state index contributed by atoms with van der Waals surface area (Å²) in [5.74, 6) is 1.67. The van der Waals surface area contributed by atoms with Gasteiger partial charge in [0.15, 0.2) is 5.78 Å². The van der Waals surface area contributed by atoms with Crippen LogP contribution in [0.5, 0.6) is 0 Å². The van der Waals surface area contributed by atoms with E-state index in [9.17, 15) is 14.7 Å². The summed E-state index contributed by atoms with van der Waals surface area (Å²) < 4.78 is 0. The van der Waals surface area contributed by atoms with Crippen molar-refractivity contribution in [2.75, 3.05) is 0 Å². The molecule has 4 aliphatic rings. The van der Waals surface area contributed by atoms with Gasteiger partial charge in [0.2, 0.25) is 0 Å². The molecule has 3 heteroatoms. The average molecular weight is 328 g/mol. The maximum absolute atomic E-state index is 13.2. The Morgan fingerprint density at radius 2 is 1.96 bits per heavy atom. The standard InChI is InChI=1S/C21H28O3/c1-12(22)16-6-7-17-15-5-4-13-10-14(23)8-9-20(13,2)18(15)11-19(24)21(16,17)3/h4-5,10,12,15-18,22H,6-9,11H2,1-3H3/t12-,15+,16-,17+,18+,20+,21-/m1/s1. The van der Waals surface area contributed by atoms with Crippen molar-refractivity contribution in [2.24, 2.45) is 34.5 Å². The topological polar surface area (TPSA) is 54.4 Å². The van der Waals surface area contributed by atoms with Gasteiger partial charge in [0.1, 0.15) is 5.78 Å². The number of aliphatic hydroxyl groups excluding tert-OH is 1. The minimum absolute atomic E-state index is 0.0484. The van der Waals surface area contributed by atoms with Crippen molar-refractivity contribution >= 4 is 11.6 Å². The van der Waals surface area contributed by atoms with E-state index in [1.165, 1.54) is 0 Å². The Morgan fingerprint density at radius 1 is 1.21 bits per heavy atom. The molecule has 1 N–H and O–H groups in total. The van der Waals surface area contributed by atoms with Gasteiger partial charge in [0, 0.05) is 18.3 Å². The van der Waals surface area contributed by atoms with E-state index in [4.69, 9.17) is 0 Å². The van der Waals surface area contributed by atoms with Crippen LogP contribution in [0.4, 0.5) is 0 Å². The molecule has 0 saturated heterocycles. The third-order valence-electron chi connectivity index (χ3n) is 8.03. The molecule has 2 saturated carbocycles. The molecule has 0 unspecified atom stereocenters. The van der Waals surface area contributed by atoms with E-state index in [1.54, 1.807) is 0 Å². The molecule has 2 fully saturated rings. The molecular weight excluding hydrogens is 300 g/mol. The van der Waals surface area contributed by atoms with Gasteiger partial charge in [-0.05, 0) is 66.9 Å². The van der Waals surface area contributed by atoms with Crippen LogP contribution in [-0.4, -0.2) is 22.8 Å². The zero-order chi connectivity index (χ0) is 17.3. The molecule has 0 aromatic carbocycles. The lowest BCUT2D eigenvalue weighted by atomic mass is 9.48. The molecule has 24 heavy (non-hydrogen) atoms. The monoisotopic (exact) mass is 328 g/mol. The quantitative estimate of drug-likeness (QED) is 0.802. The number of fused-ring (bicyclic) bond motifs is 5. The number of carbonyl (C=O) groups is 2. The summed E-state index contributed by atoms with van der Waals surface area (Å²) in [6.07, 6.45) is 9.84. The lowest BCUT2D eigenvalue weighted by Crippen LogP contribution is -2.54. The fourth-order valence-electron chi connectivity index (χ4n) is 6.53. The number of Topliss-reactive ketones (excluding diaryl/α,β-unsaturated/α-hetero) is 1. The number of carbonyl (C=O) groups excluding carboxylic acids is 2. The molecule has 4 rings (SSSR count). The summed E-state index contributed by atoms with van der Waals surface area (Å²) in [4.78, 5) is 25.1. The summed E-state index contributed by atoms with van der Waals surface area (Å²) in [5.41, 5.74) is 0.691. The third-order valence-corrected chi connectivity index (χ3v) is 8.03. The van der Waals surface area contributed by atoms with Crippen molar-refractivity contribution in [2.45, 2.75) is 59.0 Å². The van der Waals surface area contributed by atoms with Gasteiger partial charge in [-0.25, -0.2) is 0 Å². The molecular formula is C21H28O3. The fraction of sp³-hybridized carbons (Fsp3) is 0.714. The third kappa shape index (κ3) is 1.94. The first-order chi connectivity index (χ1) is 11.3. The Balaban J connectivity index is 1.77. The first-order valence-corrected chi connectivity index (χ1v) is 9.43. The molecule has 7 atom stereocenters. The van der Waals surface area contributed by atoms with Gasteiger partial charge < -0.3 is 5.11 Å². The fourth-order valence-corrected chi connectivity index (χ4v) is 6.53.